The summed E-state index contributed by atoms with van der Waals surface area (Å²) in [7, 11) is 0. The van der Waals surface area contributed by atoms with Gasteiger partial charge in [0.15, 0.2) is 0 Å². The zero-order valence-electron chi connectivity index (χ0n) is 8.85. The van der Waals surface area contributed by atoms with Crippen LogP contribution in [0.25, 0.3) is 0 Å². The molecule has 0 aliphatic carbocycles. The molecule has 0 spiro atoms. The number of pyridine rings is 1. The van der Waals surface area contributed by atoms with Gasteiger partial charge in [-0.1, -0.05) is 27.7 Å². The molecule has 0 fully saturated rings. The molecular formula is C12H10BrN3S. The monoisotopic (exact) mass is 307 g/mol. The summed E-state index contributed by atoms with van der Waals surface area (Å²) in [5.41, 5.74) is 6.02. The Hall–Kier alpha value is -1.33. The molecule has 5 heteroatoms. The number of rotatable bonds is 3. The van der Waals surface area contributed by atoms with Crippen molar-refractivity contribution < 1.29 is 0 Å². The number of nitrogens with zero attached hydrogens (tertiary/aromatic N) is 1. The summed E-state index contributed by atoms with van der Waals surface area (Å²) in [6.45, 7) is 0. The number of amidine groups is 1. The lowest BCUT2D eigenvalue weighted by Crippen LogP contribution is -2.14. The van der Waals surface area contributed by atoms with Crippen LogP contribution in [0.3, 0.4) is 0 Å². The maximum Gasteiger partial charge on any atom is 0.142 e. The first-order valence-corrected chi connectivity index (χ1v) is 6.50. The molecule has 3 N–H and O–H groups in total. The van der Waals surface area contributed by atoms with Gasteiger partial charge in [-0.05, 0) is 36.4 Å². The van der Waals surface area contributed by atoms with Crippen LogP contribution in [0.2, 0.25) is 0 Å². The predicted molar refractivity (Wildman–Crippen MR) is 73.5 cm³/mol. The standard InChI is InChI=1S/C12H10BrN3S/c13-8-3-5-9(6-4-8)17-10-2-1-7-16-11(10)12(14)15/h1-7H,(H3,14,15). The van der Waals surface area contributed by atoms with Gasteiger partial charge >= 0.3 is 0 Å². The summed E-state index contributed by atoms with van der Waals surface area (Å²) in [4.78, 5) is 6.09. The van der Waals surface area contributed by atoms with Crippen LogP contribution in [0.1, 0.15) is 5.69 Å². The number of aromatic nitrogens is 1. The first-order chi connectivity index (χ1) is 8.16. The molecule has 2 rings (SSSR count). The Balaban J connectivity index is 2.30. The molecule has 0 saturated heterocycles. The van der Waals surface area contributed by atoms with Crippen molar-refractivity contribution in [2.24, 2.45) is 5.73 Å². The first-order valence-electron chi connectivity index (χ1n) is 4.89. The topological polar surface area (TPSA) is 62.8 Å². The van der Waals surface area contributed by atoms with E-state index >= 15 is 0 Å². The summed E-state index contributed by atoms with van der Waals surface area (Å²) in [6, 6.07) is 11.7. The SMILES string of the molecule is N=C(N)c1ncccc1Sc1ccc(Br)cc1. The van der Waals surface area contributed by atoms with Gasteiger partial charge in [-0.25, -0.2) is 0 Å². The minimum atomic E-state index is -0.00906. The number of hydrogen-bond donors (Lipinski definition) is 2. The van der Waals surface area contributed by atoms with Gasteiger partial charge in [0.05, 0.1) is 0 Å². The number of hydrogen-bond acceptors (Lipinski definition) is 3. The highest BCUT2D eigenvalue weighted by Gasteiger charge is 2.07. The van der Waals surface area contributed by atoms with Gasteiger partial charge in [0.2, 0.25) is 0 Å². The van der Waals surface area contributed by atoms with Crippen LogP contribution >= 0.6 is 27.7 Å². The van der Waals surface area contributed by atoms with Gasteiger partial charge in [-0.3, -0.25) is 10.4 Å². The van der Waals surface area contributed by atoms with Crippen molar-refractivity contribution in [2.75, 3.05) is 0 Å². The zero-order valence-corrected chi connectivity index (χ0v) is 11.3. The van der Waals surface area contributed by atoms with E-state index in [2.05, 4.69) is 20.9 Å². The number of benzene rings is 1. The molecule has 1 aromatic heterocycles. The number of nitrogens with two attached hydrogens (primary N) is 1. The Labute approximate surface area is 112 Å². The number of halogens is 1. The van der Waals surface area contributed by atoms with Gasteiger partial charge < -0.3 is 5.73 Å². The molecule has 0 radical (unpaired) electrons. The molecule has 1 aromatic carbocycles. The maximum atomic E-state index is 7.47. The van der Waals surface area contributed by atoms with Crippen molar-refractivity contribution in [2.45, 2.75) is 9.79 Å². The van der Waals surface area contributed by atoms with E-state index in [-0.39, 0.29) is 5.84 Å². The van der Waals surface area contributed by atoms with E-state index in [1.54, 1.807) is 18.0 Å². The average molecular weight is 308 g/mol. The van der Waals surface area contributed by atoms with Gasteiger partial charge in [-0.15, -0.1) is 0 Å². The van der Waals surface area contributed by atoms with E-state index in [0.29, 0.717) is 5.69 Å². The Kier molecular flexibility index (Phi) is 3.81. The lowest BCUT2D eigenvalue weighted by molar-refractivity contribution is 1.17. The second kappa shape index (κ2) is 5.33. The summed E-state index contributed by atoms with van der Waals surface area (Å²) >= 11 is 4.94. The minimum absolute atomic E-state index is 0.00906. The van der Waals surface area contributed by atoms with Crippen LogP contribution in [-0.4, -0.2) is 10.8 Å². The van der Waals surface area contributed by atoms with Gasteiger partial charge in [-0.2, -0.15) is 0 Å². The second-order valence-electron chi connectivity index (χ2n) is 3.32. The maximum absolute atomic E-state index is 7.47. The van der Waals surface area contributed by atoms with Gasteiger partial charge in [0.1, 0.15) is 11.5 Å². The molecule has 0 unspecified atom stereocenters. The molecule has 0 saturated carbocycles. The summed E-state index contributed by atoms with van der Waals surface area (Å²) < 4.78 is 1.04. The lowest BCUT2D eigenvalue weighted by atomic mass is 10.3. The van der Waals surface area contributed by atoms with Crippen molar-refractivity contribution in [3.05, 3.63) is 52.8 Å². The first kappa shape index (κ1) is 12.1. The van der Waals surface area contributed by atoms with Crippen molar-refractivity contribution in [3.63, 3.8) is 0 Å². The molecule has 17 heavy (non-hydrogen) atoms. The van der Waals surface area contributed by atoms with Crippen LogP contribution in [-0.2, 0) is 0 Å². The van der Waals surface area contributed by atoms with E-state index in [1.807, 2.05) is 36.4 Å². The highest BCUT2D eigenvalue weighted by atomic mass is 79.9. The Morgan fingerprint density at radius 3 is 2.59 bits per heavy atom. The van der Waals surface area contributed by atoms with E-state index in [4.69, 9.17) is 11.1 Å². The summed E-state index contributed by atoms with van der Waals surface area (Å²) in [5.74, 6) is -0.00906. The molecule has 86 valence electrons. The van der Waals surface area contributed by atoms with Crippen LogP contribution in [0.15, 0.2) is 56.9 Å². The number of nitrogens with one attached hydrogen (secondary N) is 1. The Bertz CT molecular complexity index is 540. The third kappa shape index (κ3) is 3.08. The van der Waals surface area contributed by atoms with Crippen LogP contribution in [0.4, 0.5) is 0 Å². The third-order valence-electron chi connectivity index (χ3n) is 2.07. The Morgan fingerprint density at radius 1 is 1.24 bits per heavy atom. The molecule has 0 aliphatic heterocycles. The van der Waals surface area contributed by atoms with Crippen LogP contribution in [0.5, 0.6) is 0 Å². The van der Waals surface area contributed by atoms with Gasteiger partial charge in [0.25, 0.3) is 0 Å². The molecule has 1 heterocycles. The van der Waals surface area contributed by atoms with Crippen LogP contribution < -0.4 is 5.73 Å². The normalized spacial score (nSPS) is 10.2. The molecule has 3 nitrogen and oxygen atoms in total. The Morgan fingerprint density at radius 2 is 1.94 bits per heavy atom. The number of nitrogen functional groups attached to an aromatic ring is 1. The fraction of sp³-hybridized carbons (Fsp3) is 0. The highest BCUT2D eigenvalue weighted by Crippen LogP contribution is 2.30. The summed E-state index contributed by atoms with van der Waals surface area (Å²) in [6.07, 6.45) is 1.64. The van der Waals surface area contributed by atoms with Crippen LogP contribution in [0, 0.1) is 5.41 Å². The van der Waals surface area contributed by atoms with E-state index in [9.17, 15) is 0 Å². The average Bonchev–Trinajstić information content (AvgIpc) is 2.32. The van der Waals surface area contributed by atoms with E-state index < -0.39 is 0 Å². The lowest BCUT2D eigenvalue weighted by Gasteiger charge is -2.06. The molecule has 0 amide bonds. The highest BCUT2D eigenvalue weighted by molar-refractivity contribution is 9.10. The van der Waals surface area contributed by atoms with Gasteiger partial charge in [0, 0.05) is 20.5 Å². The van der Waals surface area contributed by atoms with Crippen molar-refractivity contribution >= 4 is 33.5 Å². The smallest absolute Gasteiger partial charge is 0.142 e. The van der Waals surface area contributed by atoms with Crippen molar-refractivity contribution in [1.29, 1.82) is 5.41 Å². The molecule has 0 bridgehead atoms. The summed E-state index contributed by atoms with van der Waals surface area (Å²) in [5, 5.41) is 7.47. The molecular weight excluding hydrogens is 298 g/mol. The molecule has 2 aromatic rings. The zero-order chi connectivity index (χ0) is 12.3. The fourth-order valence-corrected chi connectivity index (χ4v) is 2.50. The van der Waals surface area contributed by atoms with Crippen molar-refractivity contribution in [1.82, 2.24) is 4.98 Å². The second-order valence-corrected chi connectivity index (χ2v) is 5.35. The fourth-order valence-electron chi connectivity index (χ4n) is 1.30. The van der Waals surface area contributed by atoms with E-state index in [1.165, 1.54) is 0 Å². The minimum Gasteiger partial charge on any atom is -0.382 e. The predicted octanol–water partition coefficient (Wildman–Crippen LogP) is 3.28. The molecule has 0 aliphatic rings. The van der Waals surface area contributed by atoms with Crippen molar-refractivity contribution in [3.8, 4) is 0 Å². The molecule has 0 atom stereocenters. The quantitative estimate of drug-likeness (QED) is 0.675. The van der Waals surface area contributed by atoms with E-state index in [0.717, 1.165) is 14.3 Å². The third-order valence-corrected chi connectivity index (χ3v) is 3.65. The largest absolute Gasteiger partial charge is 0.382 e.